The highest BCUT2D eigenvalue weighted by Crippen LogP contribution is 2.31. The zero-order valence-electron chi connectivity index (χ0n) is 12.3. The highest BCUT2D eigenvalue weighted by atomic mass is 15.2. The van der Waals surface area contributed by atoms with E-state index in [1.807, 2.05) is 6.07 Å². The number of rotatable bonds is 2. The van der Waals surface area contributed by atoms with E-state index in [2.05, 4.69) is 48.1 Å². The van der Waals surface area contributed by atoms with E-state index in [9.17, 15) is 0 Å². The smallest absolute Gasteiger partial charge is 0.0726 e. The molecule has 3 rings (SSSR count). The van der Waals surface area contributed by atoms with E-state index in [0.29, 0.717) is 6.04 Å². The molecule has 2 N–H and O–H groups in total. The highest BCUT2D eigenvalue weighted by Gasteiger charge is 2.26. The van der Waals surface area contributed by atoms with Crippen molar-refractivity contribution in [3.8, 4) is 0 Å². The van der Waals surface area contributed by atoms with Crippen molar-refractivity contribution in [1.82, 2.24) is 4.98 Å². The molecule has 1 saturated carbocycles. The largest absolute Gasteiger partial charge is 0.369 e. The van der Waals surface area contributed by atoms with Crippen LogP contribution in [0.2, 0.25) is 0 Å². The number of nitrogens with zero attached hydrogens (tertiary/aromatic N) is 2. The first-order chi connectivity index (χ1) is 9.66. The molecule has 2 aromatic rings. The summed E-state index contributed by atoms with van der Waals surface area (Å²) >= 11 is 0. The van der Waals surface area contributed by atoms with Gasteiger partial charge in [0.05, 0.1) is 5.52 Å². The lowest BCUT2D eigenvalue weighted by Gasteiger charge is -2.38. The van der Waals surface area contributed by atoms with Crippen molar-refractivity contribution < 1.29 is 0 Å². The minimum Gasteiger partial charge on any atom is -0.369 e. The molecule has 1 fully saturated rings. The maximum absolute atomic E-state index is 6.34. The van der Waals surface area contributed by atoms with Gasteiger partial charge in [-0.25, -0.2) is 0 Å². The van der Waals surface area contributed by atoms with Crippen molar-refractivity contribution in [2.24, 2.45) is 5.73 Å². The van der Waals surface area contributed by atoms with Crippen molar-refractivity contribution in [1.29, 1.82) is 0 Å². The Bertz CT molecular complexity index is 608. The molecule has 0 bridgehead atoms. The number of aromatic nitrogens is 1. The Balaban J connectivity index is 2.04. The van der Waals surface area contributed by atoms with Gasteiger partial charge in [0.25, 0.3) is 0 Å². The van der Waals surface area contributed by atoms with Crippen LogP contribution in [0.5, 0.6) is 0 Å². The Kier molecular flexibility index (Phi) is 3.62. The zero-order chi connectivity index (χ0) is 14.1. The fraction of sp³-hybridized carbons (Fsp3) is 0.471. The van der Waals surface area contributed by atoms with Crippen molar-refractivity contribution >= 4 is 16.6 Å². The minimum atomic E-state index is 0.279. The number of nitrogens with two attached hydrogens (primary N) is 1. The Hall–Kier alpha value is -1.61. The summed E-state index contributed by atoms with van der Waals surface area (Å²) in [7, 11) is 2.18. The van der Waals surface area contributed by atoms with E-state index >= 15 is 0 Å². The van der Waals surface area contributed by atoms with Gasteiger partial charge in [-0.05, 0) is 31.9 Å². The van der Waals surface area contributed by atoms with E-state index in [1.54, 1.807) is 0 Å². The fourth-order valence-corrected chi connectivity index (χ4v) is 3.38. The van der Waals surface area contributed by atoms with Crippen LogP contribution in [0.1, 0.15) is 31.4 Å². The molecule has 0 spiro atoms. The highest BCUT2D eigenvalue weighted by molar-refractivity contribution is 5.92. The Morgan fingerprint density at radius 2 is 1.95 bits per heavy atom. The van der Waals surface area contributed by atoms with Gasteiger partial charge in [-0.3, -0.25) is 4.98 Å². The molecule has 2 atom stereocenters. The lowest BCUT2D eigenvalue weighted by Crippen LogP contribution is -2.48. The summed E-state index contributed by atoms with van der Waals surface area (Å²) in [4.78, 5) is 7.00. The van der Waals surface area contributed by atoms with Crippen LogP contribution < -0.4 is 10.6 Å². The number of benzene rings is 1. The first-order valence-electron chi connectivity index (χ1n) is 7.51. The molecule has 3 heteroatoms. The first kappa shape index (κ1) is 13.4. The SMILES string of the molecule is Cc1cc(N(C)C2CCCCC2N)c2ccccc2n1. The van der Waals surface area contributed by atoms with Gasteiger partial charge in [-0.1, -0.05) is 31.0 Å². The second-order valence-electron chi connectivity index (χ2n) is 5.93. The predicted octanol–water partition coefficient (Wildman–Crippen LogP) is 3.25. The van der Waals surface area contributed by atoms with Gasteiger partial charge >= 0.3 is 0 Å². The molecule has 0 aliphatic heterocycles. The molecule has 1 aromatic carbocycles. The van der Waals surface area contributed by atoms with Crippen molar-refractivity contribution in [2.45, 2.75) is 44.7 Å². The molecular formula is C17H23N3. The van der Waals surface area contributed by atoms with Gasteiger partial charge in [0.1, 0.15) is 0 Å². The Labute approximate surface area is 120 Å². The number of aryl methyl sites for hydroxylation is 1. The van der Waals surface area contributed by atoms with Crippen LogP contribution in [0.25, 0.3) is 10.9 Å². The summed E-state index contributed by atoms with van der Waals surface area (Å²) in [6.07, 6.45) is 4.87. The second kappa shape index (κ2) is 5.41. The van der Waals surface area contributed by atoms with Gasteiger partial charge in [0, 0.05) is 35.9 Å². The lowest BCUT2D eigenvalue weighted by atomic mass is 9.89. The number of para-hydroxylation sites is 1. The van der Waals surface area contributed by atoms with Crippen LogP contribution in [0, 0.1) is 6.92 Å². The molecule has 20 heavy (non-hydrogen) atoms. The summed E-state index contributed by atoms with van der Waals surface area (Å²) in [6, 6.07) is 11.3. The summed E-state index contributed by atoms with van der Waals surface area (Å²) < 4.78 is 0. The summed E-state index contributed by atoms with van der Waals surface area (Å²) in [5, 5.41) is 1.22. The molecule has 1 aliphatic carbocycles. The van der Waals surface area contributed by atoms with Crippen LogP contribution in [0.15, 0.2) is 30.3 Å². The van der Waals surface area contributed by atoms with Gasteiger partial charge in [0.15, 0.2) is 0 Å². The van der Waals surface area contributed by atoms with Gasteiger partial charge in [0.2, 0.25) is 0 Å². The second-order valence-corrected chi connectivity index (χ2v) is 5.93. The van der Waals surface area contributed by atoms with Crippen LogP contribution in [-0.2, 0) is 0 Å². The van der Waals surface area contributed by atoms with E-state index < -0.39 is 0 Å². The average Bonchev–Trinajstić information content (AvgIpc) is 2.46. The Morgan fingerprint density at radius 3 is 2.75 bits per heavy atom. The first-order valence-corrected chi connectivity index (χ1v) is 7.51. The quantitative estimate of drug-likeness (QED) is 0.910. The minimum absolute atomic E-state index is 0.279. The zero-order valence-corrected chi connectivity index (χ0v) is 12.3. The van der Waals surface area contributed by atoms with E-state index in [1.165, 1.54) is 30.3 Å². The molecule has 3 nitrogen and oxygen atoms in total. The normalized spacial score (nSPS) is 22.9. The number of anilines is 1. The fourth-order valence-electron chi connectivity index (χ4n) is 3.38. The maximum Gasteiger partial charge on any atom is 0.0726 e. The summed E-state index contributed by atoms with van der Waals surface area (Å²) in [6.45, 7) is 2.06. The van der Waals surface area contributed by atoms with Crippen molar-refractivity contribution in [3.63, 3.8) is 0 Å². The van der Waals surface area contributed by atoms with E-state index in [4.69, 9.17) is 5.73 Å². The molecule has 1 heterocycles. The molecule has 0 saturated heterocycles. The third-order valence-corrected chi connectivity index (χ3v) is 4.48. The molecule has 2 unspecified atom stereocenters. The standard InChI is InChI=1S/C17H23N3/c1-12-11-17(13-7-3-5-9-15(13)19-12)20(2)16-10-6-4-8-14(16)18/h3,5,7,9,11,14,16H,4,6,8,10,18H2,1-2H3. The molecule has 0 radical (unpaired) electrons. The van der Waals surface area contributed by atoms with Gasteiger partial charge in [-0.2, -0.15) is 0 Å². The number of hydrogen-bond acceptors (Lipinski definition) is 3. The van der Waals surface area contributed by atoms with Gasteiger partial charge in [-0.15, -0.1) is 0 Å². The number of hydrogen-bond donors (Lipinski definition) is 1. The average molecular weight is 269 g/mol. The van der Waals surface area contributed by atoms with E-state index in [0.717, 1.165) is 17.6 Å². The number of fused-ring (bicyclic) bond motifs is 1. The lowest BCUT2D eigenvalue weighted by molar-refractivity contribution is 0.374. The predicted molar refractivity (Wildman–Crippen MR) is 85.1 cm³/mol. The molecular weight excluding hydrogens is 246 g/mol. The molecule has 1 aromatic heterocycles. The van der Waals surface area contributed by atoms with E-state index in [-0.39, 0.29) is 6.04 Å². The maximum atomic E-state index is 6.34. The van der Waals surface area contributed by atoms with Crippen LogP contribution in [-0.4, -0.2) is 24.1 Å². The summed E-state index contributed by atoms with van der Waals surface area (Å²) in [5.74, 6) is 0. The number of likely N-dealkylation sites (N-methyl/N-ethyl adjacent to an activating group) is 1. The van der Waals surface area contributed by atoms with Crippen LogP contribution >= 0.6 is 0 Å². The summed E-state index contributed by atoms with van der Waals surface area (Å²) in [5.41, 5.74) is 9.73. The Morgan fingerprint density at radius 1 is 1.20 bits per heavy atom. The molecule has 106 valence electrons. The molecule has 0 amide bonds. The topological polar surface area (TPSA) is 42.1 Å². The van der Waals surface area contributed by atoms with Crippen LogP contribution in [0.4, 0.5) is 5.69 Å². The number of pyridine rings is 1. The molecule has 1 aliphatic rings. The van der Waals surface area contributed by atoms with Crippen LogP contribution in [0.3, 0.4) is 0 Å². The van der Waals surface area contributed by atoms with Gasteiger partial charge < -0.3 is 10.6 Å². The third-order valence-electron chi connectivity index (χ3n) is 4.48. The monoisotopic (exact) mass is 269 g/mol. The third kappa shape index (κ3) is 2.38. The van der Waals surface area contributed by atoms with Crippen molar-refractivity contribution in [2.75, 3.05) is 11.9 Å². The van der Waals surface area contributed by atoms with Crippen molar-refractivity contribution in [3.05, 3.63) is 36.0 Å².